The van der Waals surface area contributed by atoms with E-state index in [-0.39, 0.29) is 0 Å². The van der Waals surface area contributed by atoms with E-state index in [9.17, 15) is 0 Å². The molecule has 2 heterocycles. The molecular weight excluding hydrogens is 304 g/mol. The van der Waals surface area contributed by atoms with Crippen molar-refractivity contribution in [3.63, 3.8) is 0 Å². The standard InChI is InChI=1S/C23H26N2/c1-18(2)25-22-13-7-6-11-20(22)15-23(25)21-12-8-14-24(17-21)16-19-9-4-3-5-10-19/h3-7,9-13,15,18H,8,14,16-17H2,1-2H3. The molecule has 3 aromatic rings. The van der Waals surface area contributed by atoms with Crippen LogP contribution in [0.2, 0.25) is 0 Å². The third kappa shape index (κ3) is 3.27. The van der Waals surface area contributed by atoms with Gasteiger partial charge in [0.05, 0.1) is 0 Å². The van der Waals surface area contributed by atoms with E-state index in [4.69, 9.17) is 0 Å². The highest BCUT2D eigenvalue weighted by molar-refractivity contribution is 5.86. The van der Waals surface area contributed by atoms with Crippen LogP contribution in [0.25, 0.3) is 16.5 Å². The molecule has 0 unspecified atom stereocenters. The molecule has 25 heavy (non-hydrogen) atoms. The second kappa shape index (κ2) is 6.89. The highest BCUT2D eigenvalue weighted by Gasteiger charge is 2.19. The molecule has 1 aliphatic rings. The number of benzene rings is 2. The van der Waals surface area contributed by atoms with Gasteiger partial charge in [0.15, 0.2) is 0 Å². The van der Waals surface area contributed by atoms with E-state index >= 15 is 0 Å². The largest absolute Gasteiger partial charge is 0.338 e. The van der Waals surface area contributed by atoms with Crippen LogP contribution in [0.3, 0.4) is 0 Å². The summed E-state index contributed by atoms with van der Waals surface area (Å²) in [6, 6.07) is 22.4. The van der Waals surface area contributed by atoms with Gasteiger partial charge in [-0.3, -0.25) is 4.90 Å². The number of nitrogens with zero attached hydrogens (tertiary/aromatic N) is 2. The third-order valence-electron chi connectivity index (χ3n) is 5.07. The lowest BCUT2D eigenvalue weighted by Crippen LogP contribution is -2.29. The van der Waals surface area contributed by atoms with Crippen LogP contribution >= 0.6 is 0 Å². The van der Waals surface area contributed by atoms with Crippen LogP contribution in [0.4, 0.5) is 0 Å². The molecule has 0 aliphatic carbocycles. The number of hydrogen-bond donors (Lipinski definition) is 0. The van der Waals surface area contributed by atoms with Gasteiger partial charge in [-0.15, -0.1) is 0 Å². The van der Waals surface area contributed by atoms with Crippen molar-refractivity contribution in [3.05, 3.63) is 78.0 Å². The lowest BCUT2D eigenvalue weighted by Gasteiger charge is -2.28. The minimum atomic E-state index is 0.459. The number of para-hydroxylation sites is 1. The molecule has 0 fully saturated rings. The molecule has 2 nitrogen and oxygen atoms in total. The van der Waals surface area contributed by atoms with E-state index in [2.05, 4.69) is 90.1 Å². The molecule has 2 aromatic carbocycles. The first-order chi connectivity index (χ1) is 12.2. The van der Waals surface area contributed by atoms with Gasteiger partial charge in [0.2, 0.25) is 0 Å². The van der Waals surface area contributed by atoms with Gasteiger partial charge in [-0.25, -0.2) is 0 Å². The topological polar surface area (TPSA) is 8.17 Å². The second-order valence-corrected chi connectivity index (χ2v) is 7.27. The average Bonchev–Trinajstić information content (AvgIpc) is 3.03. The first-order valence-electron chi connectivity index (χ1n) is 9.28. The molecule has 4 rings (SSSR count). The Balaban J connectivity index is 1.64. The molecule has 0 amide bonds. The first kappa shape index (κ1) is 16.2. The van der Waals surface area contributed by atoms with Gasteiger partial charge in [-0.1, -0.05) is 54.6 Å². The maximum absolute atomic E-state index is 2.56. The Morgan fingerprint density at radius 3 is 2.52 bits per heavy atom. The van der Waals surface area contributed by atoms with Gasteiger partial charge in [0.25, 0.3) is 0 Å². The van der Waals surface area contributed by atoms with Crippen molar-refractivity contribution in [3.8, 4) is 0 Å². The lowest BCUT2D eigenvalue weighted by atomic mass is 10.0. The van der Waals surface area contributed by atoms with Crippen molar-refractivity contribution in [1.82, 2.24) is 9.47 Å². The van der Waals surface area contributed by atoms with Crippen LogP contribution in [-0.2, 0) is 6.54 Å². The van der Waals surface area contributed by atoms with Crippen molar-refractivity contribution < 1.29 is 0 Å². The molecule has 0 N–H and O–H groups in total. The van der Waals surface area contributed by atoms with Crippen molar-refractivity contribution in [2.45, 2.75) is 32.9 Å². The van der Waals surface area contributed by atoms with Gasteiger partial charge in [-0.2, -0.15) is 0 Å². The molecule has 0 saturated carbocycles. The summed E-state index contributed by atoms with van der Waals surface area (Å²) < 4.78 is 2.49. The summed E-state index contributed by atoms with van der Waals surface area (Å²) in [7, 11) is 0. The zero-order valence-electron chi connectivity index (χ0n) is 15.2. The zero-order chi connectivity index (χ0) is 17.2. The summed E-state index contributed by atoms with van der Waals surface area (Å²) >= 11 is 0. The smallest absolute Gasteiger partial charge is 0.0487 e. The summed E-state index contributed by atoms with van der Waals surface area (Å²) in [6.45, 7) is 7.75. The molecule has 0 radical (unpaired) electrons. The maximum atomic E-state index is 2.56. The number of fused-ring (bicyclic) bond motifs is 1. The average molecular weight is 330 g/mol. The fraction of sp³-hybridized carbons (Fsp3) is 0.304. The van der Waals surface area contributed by atoms with Crippen molar-refractivity contribution in [2.24, 2.45) is 0 Å². The molecule has 1 aromatic heterocycles. The van der Waals surface area contributed by atoms with E-state index in [0.29, 0.717) is 6.04 Å². The van der Waals surface area contributed by atoms with Crippen LogP contribution in [-0.4, -0.2) is 22.6 Å². The minimum absolute atomic E-state index is 0.459. The van der Waals surface area contributed by atoms with Crippen molar-refractivity contribution >= 4 is 16.5 Å². The normalized spacial score (nSPS) is 15.7. The molecule has 0 spiro atoms. The fourth-order valence-corrected chi connectivity index (χ4v) is 3.95. The van der Waals surface area contributed by atoms with Crippen molar-refractivity contribution in [1.29, 1.82) is 0 Å². The van der Waals surface area contributed by atoms with E-state index in [0.717, 1.165) is 26.1 Å². The summed E-state index contributed by atoms with van der Waals surface area (Å²) in [4.78, 5) is 2.56. The van der Waals surface area contributed by atoms with E-state index in [1.165, 1.54) is 27.7 Å². The van der Waals surface area contributed by atoms with Crippen molar-refractivity contribution in [2.75, 3.05) is 13.1 Å². The van der Waals surface area contributed by atoms with Crippen LogP contribution < -0.4 is 0 Å². The highest BCUT2D eigenvalue weighted by atomic mass is 15.1. The Bertz CT molecular complexity index is 887. The van der Waals surface area contributed by atoms with Gasteiger partial charge in [0.1, 0.15) is 0 Å². The van der Waals surface area contributed by atoms with E-state index in [1.807, 2.05) is 0 Å². The third-order valence-corrected chi connectivity index (χ3v) is 5.07. The summed E-state index contributed by atoms with van der Waals surface area (Å²) in [5.41, 5.74) is 5.59. The molecule has 0 atom stereocenters. The summed E-state index contributed by atoms with van der Waals surface area (Å²) in [6.07, 6.45) is 3.57. The monoisotopic (exact) mass is 330 g/mol. The molecule has 0 saturated heterocycles. The van der Waals surface area contributed by atoms with Gasteiger partial charge in [0, 0.05) is 42.3 Å². The Hall–Kier alpha value is -2.32. The van der Waals surface area contributed by atoms with Crippen LogP contribution in [0.15, 0.2) is 66.7 Å². The number of rotatable bonds is 4. The molecular formula is C23H26N2. The van der Waals surface area contributed by atoms with Gasteiger partial charge in [-0.05, 0) is 43.5 Å². The highest BCUT2D eigenvalue weighted by Crippen LogP contribution is 2.31. The minimum Gasteiger partial charge on any atom is -0.338 e. The van der Waals surface area contributed by atoms with E-state index < -0.39 is 0 Å². The van der Waals surface area contributed by atoms with Gasteiger partial charge < -0.3 is 4.57 Å². The fourth-order valence-electron chi connectivity index (χ4n) is 3.95. The molecule has 0 bridgehead atoms. The van der Waals surface area contributed by atoms with E-state index in [1.54, 1.807) is 0 Å². The SMILES string of the molecule is CC(C)n1c(C2=CCCN(Cc3ccccc3)C2)cc2ccccc21. The Labute approximate surface area is 150 Å². The quantitative estimate of drug-likeness (QED) is 0.612. The summed E-state index contributed by atoms with van der Waals surface area (Å²) in [5, 5.41) is 1.34. The number of hydrogen-bond acceptors (Lipinski definition) is 1. The van der Waals surface area contributed by atoms with Gasteiger partial charge >= 0.3 is 0 Å². The maximum Gasteiger partial charge on any atom is 0.0487 e. The predicted molar refractivity (Wildman–Crippen MR) is 107 cm³/mol. The Kier molecular flexibility index (Phi) is 4.46. The summed E-state index contributed by atoms with van der Waals surface area (Å²) in [5.74, 6) is 0. The first-order valence-corrected chi connectivity index (χ1v) is 9.28. The Morgan fingerprint density at radius 2 is 1.72 bits per heavy atom. The van der Waals surface area contributed by atoms with Crippen LogP contribution in [0.5, 0.6) is 0 Å². The molecule has 1 aliphatic heterocycles. The molecule has 128 valence electrons. The number of aromatic nitrogens is 1. The lowest BCUT2D eigenvalue weighted by molar-refractivity contribution is 0.296. The second-order valence-electron chi connectivity index (χ2n) is 7.27. The zero-order valence-corrected chi connectivity index (χ0v) is 15.2. The van der Waals surface area contributed by atoms with Crippen LogP contribution in [0, 0.1) is 0 Å². The van der Waals surface area contributed by atoms with Crippen LogP contribution in [0.1, 0.15) is 37.6 Å². The Morgan fingerprint density at radius 1 is 0.960 bits per heavy atom. The molecule has 2 heteroatoms. The predicted octanol–water partition coefficient (Wildman–Crippen LogP) is 5.51.